The number of unbranched alkanes of at least 4 members (excludes halogenated alkanes) is 1. The van der Waals surface area contributed by atoms with Gasteiger partial charge >= 0.3 is 0 Å². The lowest BCUT2D eigenvalue weighted by atomic mass is 9.65. The first-order valence-electron chi connectivity index (χ1n) is 16.0. The molecule has 1 unspecified atom stereocenters. The second kappa shape index (κ2) is 17.1. The molecule has 2 amide bonds. The molecule has 1 saturated carbocycles. The molecule has 0 aromatic heterocycles. The van der Waals surface area contributed by atoms with Gasteiger partial charge in [-0.15, -0.1) is 0 Å². The Morgan fingerprint density at radius 2 is 1.49 bits per heavy atom. The van der Waals surface area contributed by atoms with E-state index in [2.05, 4.69) is 41.9 Å². The molecule has 0 radical (unpaired) electrons. The first-order valence-corrected chi connectivity index (χ1v) is 16.0. The van der Waals surface area contributed by atoms with Crippen LogP contribution in [-0.4, -0.2) is 42.5 Å². The summed E-state index contributed by atoms with van der Waals surface area (Å²) in [6.45, 7) is 4.59. The lowest BCUT2D eigenvalue weighted by Crippen LogP contribution is -2.53. The molecule has 7 heteroatoms. The summed E-state index contributed by atoms with van der Waals surface area (Å²) in [7, 11) is 0. The minimum Gasteiger partial charge on any atom is -0.375 e. The van der Waals surface area contributed by atoms with E-state index in [9.17, 15) is 19.2 Å². The summed E-state index contributed by atoms with van der Waals surface area (Å²) < 4.78 is 0. The standard InChI is InChI=1S/C34H51N3O4/c1-3-34(4-2)27-19-13-9-10-14-20-28(27)37-29(33(34)41)21-15-16-24-35-32(40)25-36-31(39)23-22-30(38)26-17-11-7-5-6-8-12-18-26/h9-10,13-14,19-20,26,29,37H,3-8,11-12,15-18,21-25H2,1-2H3,(H,35,40)(H,36,39)/b10-9?,13-9-,14-10-,19-13?,20-14?,27-19+,28-20+. The average Bonchev–Trinajstić information content (AvgIpc) is 3.10. The Kier molecular flexibility index (Phi) is 13.6. The van der Waals surface area contributed by atoms with Crippen LogP contribution in [0.15, 0.2) is 47.7 Å². The monoisotopic (exact) mass is 565 g/mol. The van der Waals surface area contributed by atoms with Crippen molar-refractivity contribution < 1.29 is 19.2 Å². The van der Waals surface area contributed by atoms with Crippen LogP contribution < -0.4 is 16.0 Å². The van der Waals surface area contributed by atoms with E-state index >= 15 is 0 Å². The maximum atomic E-state index is 13.6. The number of ketones is 2. The molecule has 0 aromatic carbocycles. The van der Waals surface area contributed by atoms with Crippen LogP contribution in [0.25, 0.3) is 0 Å². The predicted octanol–water partition coefficient (Wildman–Crippen LogP) is 5.77. The Hall–Kier alpha value is -2.96. The largest absolute Gasteiger partial charge is 0.375 e. The van der Waals surface area contributed by atoms with Crippen molar-refractivity contribution in [1.82, 2.24) is 16.0 Å². The van der Waals surface area contributed by atoms with Crippen molar-refractivity contribution in [2.45, 2.75) is 116 Å². The van der Waals surface area contributed by atoms with Gasteiger partial charge in [-0.05, 0) is 56.6 Å². The summed E-state index contributed by atoms with van der Waals surface area (Å²) in [5.74, 6) is 0.0387. The summed E-state index contributed by atoms with van der Waals surface area (Å²) in [4.78, 5) is 50.7. The molecule has 3 rings (SSSR count). The Morgan fingerprint density at radius 1 is 0.829 bits per heavy atom. The van der Waals surface area contributed by atoms with E-state index in [0.717, 1.165) is 62.6 Å². The van der Waals surface area contributed by atoms with Gasteiger partial charge in [0.25, 0.3) is 0 Å². The molecule has 1 saturated heterocycles. The molecule has 0 spiro atoms. The second-order valence-electron chi connectivity index (χ2n) is 11.8. The van der Waals surface area contributed by atoms with Crippen molar-refractivity contribution in [2.75, 3.05) is 13.1 Å². The van der Waals surface area contributed by atoms with E-state index in [4.69, 9.17) is 0 Å². The molecule has 2 aliphatic carbocycles. The molecule has 0 bridgehead atoms. The van der Waals surface area contributed by atoms with Gasteiger partial charge in [0.2, 0.25) is 11.8 Å². The number of allylic oxidation sites excluding steroid dienone is 7. The third-order valence-electron chi connectivity index (χ3n) is 9.09. The number of carbonyl (C=O) groups excluding carboxylic acids is 4. The van der Waals surface area contributed by atoms with Crippen LogP contribution in [0.1, 0.15) is 110 Å². The Morgan fingerprint density at radius 3 is 2.17 bits per heavy atom. The van der Waals surface area contributed by atoms with Crippen LogP contribution in [-0.2, 0) is 19.2 Å². The predicted molar refractivity (Wildman–Crippen MR) is 164 cm³/mol. The maximum absolute atomic E-state index is 13.6. The van der Waals surface area contributed by atoms with E-state index in [1.807, 2.05) is 24.3 Å². The van der Waals surface area contributed by atoms with Gasteiger partial charge < -0.3 is 16.0 Å². The van der Waals surface area contributed by atoms with Crippen molar-refractivity contribution in [1.29, 1.82) is 0 Å². The number of hydrogen-bond acceptors (Lipinski definition) is 5. The highest BCUT2D eigenvalue weighted by Crippen LogP contribution is 2.44. The molecular weight excluding hydrogens is 514 g/mol. The lowest BCUT2D eigenvalue weighted by Gasteiger charge is -2.43. The number of Topliss-reactive ketones (excluding diaryl/α,β-unsaturated/α-hetero) is 2. The third-order valence-corrected chi connectivity index (χ3v) is 9.09. The number of hydrogen-bond donors (Lipinski definition) is 3. The molecule has 1 atom stereocenters. The number of rotatable bonds is 13. The summed E-state index contributed by atoms with van der Waals surface area (Å²) in [6, 6.07) is -0.250. The molecule has 2 fully saturated rings. The van der Waals surface area contributed by atoms with Gasteiger partial charge in [0.05, 0.1) is 18.0 Å². The molecule has 1 heterocycles. The number of fused-ring (bicyclic) bond motifs is 1. The normalized spacial score (nSPS) is 25.1. The van der Waals surface area contributed by atoms with E-state index in [0.29, 0.717) is 13.0 Å². The zero-order chi connectivity index (χ0) is 29.5. The van der Waals surface area contributed by atoms with Crippen molar-refractivity contribution >= 4 is 23.4 Å². The highest BCUT2D eigenvalue weighted by Gasteiger charge is 2.46. The number of carbonyl (C=O) groups is 4. The van der Waals surface area contributed by atoms with Crippen molar-refractivity contribution in [2.24, 2.45) is 11.3 Å². The topological polar surface area (TPSA) is 104 Å². The molecular formula is C34H51N3O4. The molecule has 3 aliphatic rings. The van der Waals surface area contributed by atoms with Gasteiger partial charge in [-0.25, -0.2) is 0 Å². The minimum atomic E-state index is -0.483. The first-order chi connectivity index (χ1) is 19.9. The van der Waals surface area contributed by atoms with Gasteiger partial charge in [0.1, 0.15) is 5.78 Å². The van der Waals surface area contributed by atoms with Crippen LogP contribution in [0.2, 0.25) is 0 Å². The molecule has 3 N–H and O–H groups in total. The summed E-state index contributed by atoms with van der Waals surface area (Å²) in [5, 5.41) is 8.99. The number of amides is 2. The van der Waals surface area contributed by atoms with E-state index in [-0.39, 0.29) is 54.7 Å². The van der Waals surface area contributed by atoms with Crippen LogP contribution in [0.4, 0.5) is 0 Å². The molecule has 226 valence electrons. The van der Waals surface area contributed by atoms with E-state index < -0.39 is 5.41 Å². The second-order valence-corrected chi connectivity index (χ2v) is 11.8. The van der Waals surface area contributed by atoms with Crippen molar-refractivity contribution in [3.05, 3.63) is 47.7 Å². The Balaban J connectivity index is 1.34. The zero-order valence-electron chi connectivity index (χ0n) is 25.3. The van der Waals surface area contributed by atoms with Crippen LogP contribution in [0.3, 0.4) is 0 Å². The highest BCUT2D eigenvalue weighted by atomic mass is 16.2. The fourth-order valence-corrected chi connectivity index (χ4v) is 6.48. The SMILES string of the molecule is CCC1(CC)C(=O)C(CCCCNC(=O)CNC(=O)CCC(=O)C2CCCCCCCC2)NC2=C/C=C\C=C/C=C\21. The smallest absolute Gasteiger partial charge is 0.239 e. The van der Waals surface area contributed by atoms with Crippen LogP contribution >= 0.6 is 0 Å². The van der Waals surface area contributed by atoms with Crippen LogP contribution in [0.5, 0.6) is 0 Å². The van der Waals surface area contributed by atoms with Gasteiger partial charge in [-0.2, -0.15) is 0 Å². The van der Waals surface area contributed by atoms with E-state index in [1.54, 1.807) is 0 Å². The summed E-state index contributed by atoms with van der Waals surface area (Å²) in [5.41, 5.74) is 1.60. The van der Waals surface area contributed by atoms with Crippen molar-refractivity contribution in [3.63, 3.8) is 0 Å². The van der Waals surface area contributed by atoms with Gasteiger partial charge in [0.15, 0.2) is 5.78 Å². The van der Waals surface area contributed by atoms with E-state index in [1.165, 1.54) is 25.7 Å². The van der Waals surface area contributed by atoms with Gasteiger partial charge in [-0.3, -0.25) is 19.2 Å². The maximum Gasteiger partial charge on any atom is 0.239 e. The number of piperidine rings is 1. The number of nitrogens with one attached hydrogen (secondary N) is 3. The summed E-state index contributed by atoms with van der Waals surface area (Å²) >= 11 is 0. The quantitative estimate of drug-likeness (QED) is 0.246. The Labute approximate surface area is 246 Å². The minimum absolute atomic E-state index is 0.0835. The van der Waals surface area contributed by atoms with Gasteiger partial charge in [-0.1, -0.05) is 82.8 Å². The van der Waals surface area contributed by atoms with Crippen LogP contribution in [0, 0.1) is 11.3 Å². The summed E-state index contributed by atoms with van der Waals surface area (Å²) in [6.07, 6.45) is 25.2. The fourth-order valence-electron chi connectivity index (χ4n) is 6.48. The van der Waals surface area contributed by atoms with Crippen molar-refractivity contribution in [3.8, 4) is 0 Å². The molecule has 7 nitrogen and oxygen atoms in total. The highest BCUT2D eigenvalue weighted by molar-refractivity contribution is 5.95. The Bertz CT molecular complexity index is 1020. The van der Waals surface area contributed by atoms with Gasteiger partial charge in [0, 0.05) is 31.0 Å². The third kappa shape index (κ3) is 9.54. The molecule has 1 aliphatic heterocycles. The molecule has 41 heavy (non-hydrogen) atoms. The fraction of sp³-hybridized carbons (Fsp3) is 0.647. The average molecular weight is 566 g/mol. The first kappa shape index (κ1) is 32.6. The zero-order valence-corrected chi connectivity index (χ0v) is 25.3. The lowest BCUT2D eigenvalue weighted by molar-refractivity contribution is -0.130. The molecule has 0 aromatic rings.